The van der Waals surface area contributed by atoms with Gasteiger partial charge in [0.15, 0.2) is 5.82 Å². The maximum Gasteiger partial charge on any atom is 0.160 e. The van der Waals surface area contributed by atoms with E-state index in [4.69, 9.17) is 14.4 Å². The summed E-state index contributed by atoms with van der Waals surface area (Å²) in [6.07, 6.45) is 0. The van der Waals surface area contributed by atoms with E-state index < -0.39 is 0 Å². The molecule has 0 fully saturated rings. The molecule has 0 atom stereocenters. The predicted octanol–water partition coefficient (Wildman–Crippen LogP) is 10.7. The zero-order valence-corrected chi connectivity index (χ0v) is 23.3. The maximum absolute atomic E-state index is 6.11. The third-order valence-corrected chi connectivity index (χ3v) is 7.92. The Morgan fingerprint density at radius 3 is 1.70 bits per heavy atom. The first kappa shape index (κ1) is 25.0. The van der Waals surface area contributed by atoms with E-state index in [1.807, 2.05) is 54.6 Å². The van der Waals surface area contributed by atoms with Crippen LogP contribution in [0.25, 0.3) is 78.1 Å². The molecule has 0 spiro atoms. The molecule has 0 aliphatic carbocycles. The van der Waals surface area contributed by atoms with Crippen LogP contribution >= 0.6 is 0 Å². The molecule has 0 N–H and O–H groups in total. The van der Waals surface area contributed by atoms with Gasteiger partial charge >= 0.3 is 0 Å². The Labute approximate surface area is 249 Å². The largest absolute Gasteiger partial charge is 0.456 e. The first-order valence-corrected chi connectivity index (χ1v) is 14.4. The highest BCUT2D eigenvalue weighted by molar-refractivity contribution is 6.06. The fraction of sp³-hybridized carbons (Fsp3) is 0. The summed E-state index contributed by atoms with van der Waals surface area (Å²) < 4.78 is 6.11. The third-order valence-electron chi connectivity index (χ3n) is 7.92. The number of hydrogen-bond acceptors (Lipinski definition) is 3. The average molecular weight is 551 g/mol. The van der Waals surface area contributed by atoms with Crippen molar-refractivity contribution in [2.45, 2.75) is 0 Å². The summed E-state index contributed by atoms with van der Waals surface area (Å²) in [5.74, 6) is 0.702. The lowest BCUT2D eigenvalue weighted by Crippen LogP contribution is -1.97. The van der Waals surface area contributed by atoms with E-state index >= 15 is 0 Å². The number of para-hydroxylation sites is 1. The molecule has 2 heterocycles. The average Bonchev–Trinajstić information content (AvgIpc) is 3.47. The van der Waals surface area contributed by atoms with E-state index in [2.05, 4.69) is 103 Å². The minimum atomic E-state index is 0.702. The summed E-state index contributed by atoms with van der Waals surface area (Å²) in [5.41, 5.74) is 11.1. The molecule has 0 aliphatic heterocycles. The molecule has 0 saturated carbocycles. The van der Waals surface area contributed by atoms with Crippen LogP contribution in [0, 0.1) is 0 Å². The van der Waals surface area contributed by atoms with Gasteiger partial charge in [0.2, 0.25) is 0 Å². The van der Waals surface area contributed by atoms with Gasteiger partial charge in [-0.2, -0.15) is 0 Å². The summed E-state index contributed by atoms with van der Waals surface area (Å²) in [6, 6.07) is 54.4. The number of aromatic nitrogens is 2. The van der Waals surface area contributed by atoms with Gasteiger partial charge in [-0.05, 0) is 52.6 Å². The molecule has 3 heteroatoms. The number of benzene rings is 6. The van der Waals surface area contributed by atoms with Crippen molar-refractivity contribution in [2.24, 2.45) is 0 Å². The molecule has 0 radical (unpaired) electrons. The van der Waals surface area contributed by atoms with Gasteiger partial charge in [-0.1, -0.05) is 127 Å². The zero-order chi connectivity index (χ0) is 28.6. The smallest absolute Gasteiger partial charge is 0.160 e. The molecular formula is C40H26N2O. The minimum absolute atomic E-state index is 0.702. The molecule has 0 saturated heterocycles. The summed E-state index contributed by atoms with van der Waals surface area (Å²) >= 11 is 0. The van der Waals surface area contributed by atoms with E-state index in [0.717, 1.165) is 72.3 Å². The van der Waals surface area contributed by atoms with Crippen molar-refractivity contribution in [1.82, 2.24) is 9.97 Å². The Morgan fingerprint density at radius 2 is 0.930 bits per heavy atom. The first-order valence-electron chi connectivity index (χ1n) is 14.4. The Balaban J connectivity index is 1.36. The molecule has 3 nitrogen and oxygen atoms in total. The van der Waals surface area contributed by atoms with Crippen molar-refractivity contribution in [3.8, 4) is 56.2 Å². The van der Waals surface area contributed by atoms with Crippen LogP contribution in [0.5, 0.6) is 0 Å². The van der Waals surface area contributed by atoms with Crippen LogP contribution in [0.15, 0.2) is 162 Å². The van der Waals surface area contributed by atoms with E-state index in [1.165, 1.54) is 0 Å². The topological polar surface area (TPSA) is 38.9 Å². The quantitative estimate of drug-likeness (QED) is 0.214. The lowest BCUT2D eigenvalue weighted by molar-refractivity contribution is 0.669. The lowest BCUT2D eigenvalue weighted by atomic mass is 9.92. The van der Waals surface area contributed by atoms with Gasteiger partial charge in [0.1, 0.15) is 11.2 Å². The predicted molar refractivity (Wildman–Crippen MR) is 176 cm³/mol. The molecule has 8 rings (SSSR count). The van der Waals surface area contributed by atoms with E-state index in [1.54, 1.807) is 0 Å². The molecule has 43 heavy (non-hydrogen) atoms. The van der Waals surface area contributed by atoms with Crippen LogP contribution in [-0.2, 0) is 0 Å². The van der Waals surface area contributed by atoms with Crippen molar-refractivity contribution in [3.05, 3.63) is 158 Å². The van der Waals surface area contributed by atoms with Crippen molar-refractivity contribution in [3.63, 3.8) is 0 Å². The molecule has 2 aromatic heterocycles. The number of hydrogen-bond donors (Lipinski definition) is 0. The summed E-state index contributed by atoms with van der Waals surface area (Å²) in [4.78, 5) is 10.2. The van der Waals surface area contributed by atoms with E-state index in [-0.39, 0.29) is 0 Å². The Kier molecular flexibility index (Phi) is 6.12. The standard InChI is InChI=1S/C40H26N2O/c1-4-12-27(13-5-1)32-22-20-30(31-21-23-39-35(25-31)33-18-10-11-19-38(33)43-39)24-34(32)37-26-36(28-14-6-2-7-15-28)41-40(42-37)29-16-8-3-9-17-29/h1-26H. The molecule has 202 valence electrons. The molecule has 0 unspecified atom stereocenters. The van der Waals surface area contributed by atoms with Crippen LogP contribution in [-0.4, -0.2) is 9.97 Å². The second kappa shape index (κ2) is 10.6. The van der Waals surface area contributed by atoms with E-state index in [0.29, 0.717) is 5.82 Å². The van der Waals surface area contributed by atoms with Crippen LogP contribution in [0.1, 0.15) is 0 Å². The number of furan rings is 1. The molecule has 0 bridgehead atoms. The van der Waals surface area contributed by atoms with E-state index in [9.17, 15) is 0 Å². The maximum atomic E-state index is 6.11. The second-order valence-corrected chi connectivity index (χ2v) is 10.6. The van der Waals surface area contributed by atoms with Crippen molar-refractivity contribution < 1.29 is 4.42 Å². The first-order chi connectivity index (χ1) is 21.3. The van der Waals surface area contributed by atoms with Gasteiger partial charge in [-0.3, -0.25) is 0 Å². The van der Waals surface area contributed by atoms with Gasteiger partial charge in [-0.15, -0.1) is 0 Å². The monoisotopic (exact) mass is 550 g/mol. The van der Waals surface area contributed by atoms with Crippen LogP contribution in [0.4, 0.5) is 0 Å². The highest BCUT2D eigenvalue weighted by Crippen LogP contribution is 2.38. The van der Waals surface area contributed by atoms with Crippen molar-refractivity contribution in [1.29, 1.82) is 0 Å². The minimum Gasteiger partial charge on any atom is -0.456 e. The number of rotatable bonds is 5. The Bertz CT molecular complexity index is 2160. The second-order valence-electron chi connectivity index (χ2n) is 10.6. The van der Waals surface area contributed by atoms with Gasteiger partial charge in [0.25, 0.3) is 0 Å². The summed E-state index contributed by atoms with van der Waals surface area (Å²) in [6.45, 7) is 0. The van der Waals surface area contributed by atoms with Gasteiger partial charge in [0.05, 0.1) is 11.4 Å². The zero-order valence-electron chi connectivity index (χ0n) is 23.3. The molecule has 8 aromatic rings. The highest BCUT2D eigenvalue weighted by atomic mass is 16.3. The SMILES string of the molecule is c1ccc(-c2cc(-c3cc(-c4ccc5oc6ccccc6c5c4)ccc3-c3ccccc3)nc(-c3ccccc3)n2)cc1. The molecule has 6 aromatic carbocycles. The molecular weight excluding hydrogens is 524 g/mol. The van der Waals surface area contributed by atoms with Crippen LogP contribution in [0.3, 0.4) is 0 Å². The van der Waals surface area contributed by atoms with Gasteiger partial charge < -0.3 is 4.42 Å². The number of fused-ring (bicyclic) bond motifs is 3. The van der Waals surface area contributed by atoms with Crippen LogP contribution in [0.2, 0.25) is 0 Å². The lowest BCUT2D eigenvalue weighted by Gasteiger charge is -2.15. The van der Waals surface area contributed by atoms with Crippen LogP contribution < -0.4 is 0 Å². The van der Waals surface area contributed by atoms with Gasteiger partial charge in [0, 0.05) is 27.5 Å². The summed E-state index contributed by atoms with van der Waals surface area (Å²) in [7, 11) is 0. The van der Waals surface area contributed by atoms with Gasteiger partial charge in [-0.25, -0.2) is 9.97 Å². The third kappa shape index (κ3) is 4.67. The normalized spacial score (nSPS) is 11.3. The van der Waals surface area contributed by atoms with Crippen molar-refractivity contribution in [2.75, 3.05) is 0 Å². The highest BCUT2D eigenvalue weighted by Gasteiger charge is 2.16. The molecule has 0 aliphatic rings. The fourth-order valence-electron chi connectivity index (χ4n) is 5.77. The molecule has 0 amide bonds. The number of nitrogens with zero attached hydrogens (tertiary/aromatic N) is 2. The summed E-state index contributed by atoms with van der Waals surface area (Å²) in [5, 5.41) is 2.23. The van der Waals surface area contributed by atoms with Crippen molar-refractivity contribution >= 4 is 21.9 Å². The Hall–Kier alpha value is -5.80. The fourth-order valence-corrected chi connectivity index (χ4v) is 5.77. The Morgan fingerprint density at radius 1 is 0.349 bits per heavy atom.